The fraction of sp³-hybridized carbons (Fsp3) is 0.435. The van der Waals surface area contributed by atoms with Gasteiger partial charge in [0.05, 0.1) is 13.2 Å². The normalized spacial score (nSPS) is 15.0. The van der Waals surface area contributed by atoms with Crippen molar-refractivity contribution in [3.8, 4) is 5.75 Å². The Balaban J connectivity index is 0.00000300. The summed E-state index contributed by atoms with van der Waals surface area (Å²) >= 11 is 0. The summed E-state index contributed by atoms with van der Waals surface area (Å²) in [5.41, 5.74) is 2.39. The summed E-state index contributed by atoms with van der Waals surface area (Å²) in [6, 6.07) is 18.6. The second-order valence-corrected chi connectivity index (χ2v) is 7.04. The van der Waals surface area contributed by atoms with E-state index in [1.54, 1.807) is 7.11 Å². The third-order valence-electron chi connectivity index (χ3n) is 4.87. The highest BCUT2D eigenvalue weighted by molar-refractivity contribution is 14.0. The number of nitrogens with zero attached hydrogens (tertiary/aromatic N) is 2. The Morgan fingerprint density at radius 2 is 1.69 bits per heavy atom. The van der Waals surface area contributed by atoms with Gasteiger partial charge in [-0.3, -0.25) is 0 Å². The highest BCUT2D eigenvalue weighted by Gasteiger charge is 2.22. The topological polar surface area (TPSA) is 46.1 Å². The Morgan fingerprint density at radius 1 is 1.03 bits per heavy atom. The first-order valence-electron chi connectivity index (χ1n) is 10.1. The SMILES string of the molecule is CCNC(=NCc1ccc(COC)cc1)N1CCC(Oc2ccccc2)CC1.I. The van der Waals surface area contributed by atoms with Crippen molar-refractivity contribution in [1.82, 2.24) is 10.2 Å². The molecular weight excluding hydrogens is 477 g/mol. The number of likely N-dealkylation sites (tertiary alicyclic amines) is 1. The Hall–Kier alpha value is -1.80. The predicted molar refractivity (Wildman–Crippen MR) is 129 cm³/mol. The van der Waals surface area contributed by atoms with E-state index in [4.69, 9.17) is 14.5 Å². The van der Waals surface area contributed by atoms with Crippen LogP contribution in [-0.4, -0.2) is 43.7 Å². The third kappa shape index (κ3) is 7.51. The first kappa shape index (κ1) is 23.5. The molecule has 158 valence electrons. The van der Waals surface area contributed by atoms with E-state index in [2.05, 4.69) is 41.4 Å². The molecule has 0 amide bonds. The van der Waals surface area contributed by atoms with Gasteiger partial charge in [-0.15, -0.1) is 24.0 Å². The molecular formula is C23H32IN3O2. The van der Waals surface area contributed by atoms with Gasteiger partial charge in [0.15, 0.2) is 5.96 Å². The summed E-state index contributed by atoms with van der Waals surface area (Å²) < 4.78 is 11.3. The molecule has 0 radical (unpaired) electrons. The highest BCUT2D eigenvalue weighted by atomic mass is 127. The summed E-state index contributed by atoms with van der Waals surface area (Å²) in [5, 5.41) is 3.43. The Bertz CT molecular complexity index is 730. The molecule has 29 heavy (non-hydrogen) atoms. The molecule has 2 aromatic rings. The summed E-state index contributed by atoms with van der Waals surface area (Å²) in [4.78, 5) is 7.19. The number of benzene rings is 2. The maximum atomic E-state index is 6.11. The number of aliphatic imine (C=N–C) groups is 1. The van der Waals surface area contributed by atoms with Crippen LogP contribution < -0.4 is 10.1 Å². The molecule has 3 rings (SSSR count). The summed E-state index contributed by atoms with van der Waals surface area (Å²) in [7, 11) is 1.72. The lowest BCUT2D eigenvalue weighted by molar-refractivity contribution is 0.129. The molecule has 1 saturated heterocycles. The van der Waals surface area contributed by atoms with Gasteiger partial charge in [-0.25, -0.2) is 4.99 Å². The van der Waals surface area contributed by atoms with E-state index in [0.29, 0.717) is 13.2 Å². The highest BCUT2D eigenvalue weighted by Crippen LogP contribution is 2.19. The van der Waals surface area contributed by atoms with E-state index in [1.807, 2.05) is 30.3 Å². The number of hydrogen-bond donors (Lipinski definition) is 1. The first-order chi connectivity index (χ1) is 13.8. The molecule has 0 saturated carbocycles. The second kappa shape index (κ2) is 12.7. The molecule has 0 aromatic heterocycles. The molecule has 1 heterocycles. The molecule has 0 aliphatic carbocycles. The minimum Gasteiger partial charge on any atom is -0.490 e. The van der Waals surface area contributed by atoms with E-state index in [9.17, 15) is 0 Å². The van der Waals surface area contributed by atoms with Crippen LogP contribution in [0.4, 0.5) is 0 Å². The lowest BCUT2D eigenvalue weighted by Gasteiger charge is -2.34. The minimum atomic E-state index is 0. The number of guanidine groups is 1. The van der Waals surface area contributed by atoms with Gasteiger partial charge in [0, 0.05) is 39.6 Å². The molecule has 1 aliphatic heterocycles. The fourth-order valence-electron chi connectivity index (χ4n) is 3.38. The average Bonchev–Trinajstić information content (AvgIpc) is 2.74. The lowest BCUT2D eigenvalue weighted by Crippen LogP contribution is -2.47. The number of methoxy groups -OCH3 is 1. The van der Waals surface area contributed by atoms with Crippen LogP contribution in [0.1, 0.15) is 30.9 Å². The molecule has 6 heteroatoms. The molecule has 2 aromatic carbocycles. The minimum absolute atomic E-state index is 0. The van der Waals surface area contributed by atoms with Crippen LogP contribution in [0, 0.1) is 0 Å². The van der Waals surface area contributed by atoms with Gasteiger partial charge in [0.2, 0.25) is 0 Å². The molecule has 1 N–H and O–H groups in total. The number of ether oxygens (including phenoxy) is 2. The van der Waals surface area contributed by atoms with Crippen molar-refractivity contribution in [3.63, 3.8) is 0 Å². The average molecular weight is 509 g/mol. The summed E-state index contributed by atoms with van der Waals surface area (Å²) in [6.45, 7) is 6.21. The monoisotopic (exact) mass is 509 g/mol. The van der Waals surface area contributed by atoms with Gasteiger partial charge in [-0.1, -0.05) is 42.5 Å². The summed E-state index contributed by atoms with van der Waals surface area (Å²) in [5.74, 6) is 1.94. The van der Waals surface area contributed by atoms with Crippen molar-refractivity contribution >= 4 is 29.9 Å². The van der Waals surface area contributed by atoms with Crippen LogP contribution in [0.2, 0.25) is 0 Å². The van der Waals surface area contributed by atoms with Crippen LogP contribution in [0.15, 0.2) is 59.6 Å². The Kier molecular flexibility index (Phi) is 10.3. The smallest absolute Gasteiger partial charge is 0.194 e. The standard InChI is InChI=1S/C23H31N3O2.HI/c1-3-24-23(25-17-19-9-11-20(12-10-19)18-27-2)26-15-13-22(14-16-26)28-21-7-5-4-6-8-21;/h4-12,22H,3,13-18H2,1-2H3,(H,24,25);1H. The summed E-state index contributed by atoms with van der Waals surface area (Å²) in [6.07, 6.45) is 2.28. The van der Waals surface area contributed by atoms with Crippen molar-refractivity contribution in [2.75, 3.05) is 26.7 Å². The second-order valence-electron chi connectivity index (χ2n) is 7.04. The number of hydrogen-bond acceptors (Lipinski definition) is 3. The van der Waals surface area contributed by atoms with Crippen LogP contribution in [0.25, 0.3) is 0 Å². The van der Waals surface area contributed by atoms with Gasteiger partial charge in [0.1, 0.15) is 11.9 Å². The van der Waals surface area contributed by atoms with E-state index in [-0.39, 0.29) is 30.1 Å². The zero-order valence-corrected chi connectivity index (χ0v) is 19.7. The number of nitrogens with one attached hydrogen (secondary N) is 1. The van der Waals surface area contributed by atoms with Crippen molar-refractivity contribution in [2.24, 2.45) is 4.99 Å². The van der Waals surface area contributed by atoms with Gasteiger partial charge < -0.3 is 19.7 Å². The molecule has 1 aliphatic rings. The Morgan fingerprint density at radius 3 is 2.31 bits per heavy atom. The van der Waals surface area contributed by atoms with Crippen molar-refractivity contribution < 1.29 is 9.47 Å². The fourth-order valence-corrected chi connectivity index (χ4v) is 3.38. The third-order valence-corrected chi connectivity index (χ3v) is 4.87. The zero-order chi connectivity index (χ0) is 19.6. The maximum absolute atomic E-state index is 6.11. The molecule has 0 atom stereocenters. The molecule has 0 bridgehead atoms. The van der Waals surface area contributed by atoms with E-state index in [1.165, 1.54) is 11.1 Å². The largest absolute Gasteiger partial charge is 0.490 e. The van der Waals surface area contributed by atoms with Gasteiger partial charge in [-0.2, -0.15) is 0 Å². The lowest BCUT2D eigenvalue weighted by atomic mass is 10.1. The van der Waals surface area contributed by atoms with Crippen LogP contribution in [0.3, 0.4) is 0 Å². The molecule has 5 nitrogen and oxygen atoms in total. The van der Waals surface area contributed by atoms with Crippen molar-refractivity contribution in [3.05, 3.63) is 65.7 Å². The number of halogens is 1. The van der Waals surface area contributed by atoms with Crippen LogP contribution >= 0.6 is 24.0 Å². The molecule has 0 unspecified atom stereocenters. The van der Waals surface area contributed by atoms with Crippen molar-refractivity contribution in [2.45, 2.75) is 39.0 Å². The van der Waals surface area contributed by atoms with Gasteiger partial charge in [0.25, 0.3) is 0 Å². The number of piperidine rings is 1. The van der Waals surface area contributed by atoms with E-state index in [0.717, 1.165) is 44.2 Å². The van der Waals surface area contributed by atoms with E-state index < -0.39 is 0 Å². The van der Waals surface area contributed by atoms with Gasteiger partial charge in [-0.05, 0) is 30.2 Å². The van der Waals surface area contributed by atoms with Crippen LogP contribution in [0.5, 0.6) is 5.75 Å². The van der Waals surface area contributed by atoms with Gasteiger partial charge >= 0.3 is 0 Å². The van der Waals surface area contributed by atoms with Crippen molar-refractivity contribution in [1.29, 1.82) is 0 Å². The molecule has 1 fully saturated rings. The Labute approximate surface area is 191 Å². The number of rotatable bonds is 7. The molecule has 0 spiro atoms. The predicted octanol–water partition coefficient (Wildman–Crippen LogP) is 4.46. The number of para-hydroxylation sites is 1. The van der Waals surface area contributed by atoms with Crippen LogP contribution in [-0.2, 0) is 17.9 Å². The quantitative estimate of drug-likeness (QED) is 0.340. The first-order valence-corrected chi connectivity index (χ1v) is 10.1. The zero-order valence-electron chi connectivity index (χ0n) is 17.3. The maximum Gasteiger partial charge on any atom is 0.194 e. The van der Waals surface area contributed by atoms with E-state index >= 15 is 0 Å².